The van der Waals surface area contributed by atoms with E-state index in [2.05, 4.69) is 23.0 Å². The quantitative estimate of drug-likeness (QED) is 0.353. The Morgan fingerprint density at radius 3 is 2.35 bits per heavy atom. The van der Waals surface area contributed by atoms with Gasteiger partial charge in [0.15, 0.2) is 5.82 Å². The van der Waals surface area contributed by atoms with Gasteiger partial charge in [0.25, 0.3) is 0 Å². The molecule has 0 amide bonds. The van der Waals surface area contributed by atoms with Gasteiger partial charge in [0, 0.05) is 23.3 Å². The van der Waals surface area contributed by atoms with Gasteiger partial charge in [-0.05, 0) is 66.0 Å². The molecule has 0 aliphatic heterocycles. The van der Waals surface area contributed by atoms with Crippen LogP contribution in [0.1, 0.15) is 42.0 Å². The van der Waals surface area contributed by atoms with Gasteiger partial charge in [0.05, 0.1) is 11.6 Å². The van der Waals surface area contributed by atoms with Crippen molar-refractivity contribution in [2.24, 2.45) is 0 Å². The van der Waals surface area contributed by atoms with Gasteiger partial charge < -0.3 is 0 Å². The standard InChI is InChI=1S/C27H24FN3/c1-2-3-4-21-17-30-27(31-18-21)24-13-14-25-23(15-24)12-11-22(26(25)28)10-9-19-5-7-20(16-29)8-6-19/h5-8,11-15,17-18H,2-4,9-10H2,1H3. The highest BCUT2D eigenvalue weighted by molar-refractivity contribution is 5.87. The number of aryl methyl sites for hydroxylation is 3. The Morgan fingerprint density at radius 1 is 0.871 bits per heavy atom. The first-order valence-corrected chi connectivity index (χ1v) is 10.7. The van der Waals surface area contributed by atoms with E-state index in [1.807, 2.05) is 54.9 Å². The summed E-state index contributed by atoms with van der Waals surface area (Å²) in [6.07, 6.45) is 8.37. The van der Waals surface area contributed by atoms with Crippen molar-refractivity contribution < 1.29 is 4.39 Å². The average molecular weight is 410 g/mol. The molecule has 0 saturated heterocycles. The number of nitrogens with zero attached hydrogens (tertiary/aromatic N) is 3. The van der Waals surface area contributed by atoms with Gasteiger partial charge in [-0.1, -0.05) is 49.7 Å². The number of rotatable bonds is 7. The number of halogens is 1. The maximum Gasteiger partial charge on any atom is 0.159 e. The van der Waals surface area contributed by atoms with Gasteiger partial charge in [-0.25, -0.2) is 14.4 Å². The second kappa shape index (κ2) is 9.49. The predicted molar refractivity (Wildman–Crippen MR) is 122 cm³/mol. The molecule has 0 saturated carbocycles. The van der Waals surface area contributed by atoms with Gasteiger partial charge >= 0.3 is 0 Å². The van der Waals surface area contributed by atoms with Crippen molar-refractivity contribution >= 4 is 10.8 Å². The first-order valence-electron chi connectivity index (χ1n) is 10.7. The lowest BCUT2D eigenvalue weighted by Gasteiger charge is -2.09. The van der Waals surface area contributed by atoms with Crippen LogP contribution in [0.25, 0.3) is 22.2 Å². The summed E-state index contributed by atoms with van der Waals surface area (Å²) < 4.78 is 15.1. The highest BCUT2D eigenvalue weighted by Gasteiger charge is 2.10. The fourth-order valence-corrected chi connectivity index (χ4v) is 3.71. The van der Waals surface area contributed by atoms with Crippen molar-refractivity contribution in [2.75, 3.05) is 0 Å². The van der Waals surface area contributed by atoms with Crippen LogP contribution in [0.5, 0.6) is 0 Å². The van der Waals surface area contributed by atoms with E-state index < -0.39 is 0 Å². The highest BCUT2D eigenvalue weighted by Crippen LogP contribution is 2.26. The third-order valence-corrected chi connectivity index (χ3v) is 5.58. The van der Waals surface area contributed by atoms with Gasteiger partial charge in [0.1, 0.15) is 5.82 Å². The molecule has 3 aromatic carbocycles. The Balaban J connectivity index is 1.52. The van der Waals surface area contributed by atoms with Crippen LogP contribution in [0.15, 0.2) is 67.0 Å². The van der Waals surface area contributed by atoms with Gasteiger partial charge in [0.2, 0.25) is 0 Å². The van der Waals surface area contributed by atoms with Gasteiger partial charge in [-0.3, -0.25) is 0 Å². The largest absolute Gasteiger partial charge is 0.236 e. The molecule has 0 spiro atoms. The van der Waals surface area contributed by atoms with E-state index in [4.69, 9.17) is 5.26 Å². The molecule has 4 heteroatoms. The van der Waals surface area contributed by atoms with E-state index >= 15 is 4.39 Å². The Kier molecular flexibility index (Phi) is 6.33. The van der Waals surface area contributed by atoms with Crippen LogP contribution in [-0.4, -0.2) is 9.97 Å². The van der Waals surface area contributed by atoms with Crippen LogP contribution in [-0.2, 0) is 19.3 Å². The first kappa shape index (κ1) is 20.7. The predicted octanol–water partition coefficient (Wildman–Crippen LogP) is 6.44. The molecule has 0 unspecified atom stereocenters. The molecule has 0 aliphatic rings. The lowest BCUT2D eigenvalue weighted by molar-refractivity contribution is 0.620. The van der Waals surface area contributed by atoms with Crippen molar-refractivity contribution in [3.63, 3.8) is 0 Å². The summed E-state index contributed by atoms with van der Waals surface area (Å²) in [5.41, 5.74) is 4.45. The molecule has 1 heterocycles. The maximum atomic E-state index is 15.1. The summed E-state index contributed by atoms with van der Waals surface area (Å²) in [6.45, 7) is 2.17. The lowest BCUT2D eigenvalue weighted by Crippen LogP contribution is -1.97. The fourth-order valence-electron chi connectivity index (χ4n) is 3.71. The Labute approximate surface area is 182 Å². The van der Waals surface area contributed by atoms with Crippen molar-refractivity contribution in [1.82, 2.24) is 9.97 Å². The molecule has 0 atom stereocenters. The minimum Gasteiger partial charge on any atom is -0.236 e. The topological polar surface area (TPSA) is 49.6 Å². The summed E-state index contributed by atoms with van der Waals surface area (Å²) in [5.74, 6) is 0.487. The number of aromatic nitrogens is 2. The minimum absolute atomic E-state index is 0.173. The molecule has 154 valence electrons. The highest BCUT2D eigenvalue weighted by atomic mass is 19.1. The van der Waals surface area contributed by atoms with Crippen LogP contribution < -0.4 is 0 Å². The molecule has 4 rings (SSSR count). The maximum absolute atomic E-state index is 15.1. The molecular formula is C27H24FN3. The summed E-state index contributed by atoms with van der Waals surface area (Å²) in [6, 6.07) is 19.0. The Hall–Kier alpha value is -3.58. The molecule has 3 nitrogen and oxygen atoms in total. The lowest BCUT2D eigenvalue weighted by atomic mass is 9.98. The van der Waals surface area contributed by atoms with Crippen molar-refractivity contribution in [3.05, 3.63) is 95.1 Å². The van der Waals surface area contributed by atoms with E-state index in [0.29, 0.717) is 28.8 Å². The summed E-state index contributed by atoms with van der Waals surface area (Å²) in [7, 11) is 0. The second-order valence-corrected chi connectivity index (χ2v) is 7.80. The van der Waals surface area contributed by atoms with E-state index in [-0.39, 0.29) is 5.82 Å². The Bertz CT molecular complexity index is 1220. The number of fused-ring (bicyclic) bond motifs is 1. The number of benzene rings is 3. The van der Waals surface area contributed by atoms with Crippen LogP contribution in [0.3, 0.4) is 0 Å². The number of nitriles is 1. The molecule has 0 fully saturated rings. The van der Waals surface area contributed by atoms with E-state index in [1.165, 1.54) is 0 Å². The third kappa shape index (κ3) is 4.78. The second-order valence-electron chi connectivity index (χ2n) is 7.80. The van der Waals surface area contributed by atoms with Crippen LogP contribution >= 0.6 is 0 Å². The number of unbranched alkanes of at least 4 members (excludes halogenated alkanes) is 1. The van der Waals surface area contributed by atoms with Crippen molar-refractivity contribution in [2.45, 2.75) is 39.0 Å². The monoisotopic (exact) mass is 409 g/mol. The molecule has 0 bridgehead atoms. The average Bonchev–Trinajstić information content (AvgIpc) is 2.83. The minimum atomic E-state index is -0.173. The van der Waals surface area contributed by atoms with Crippen LogP contribution in [0, 0.1) is 17.1 Å². The molecule has 4 aromatic rings. The van der Waals surface area contributed by atoms with E-state index in [9.17, 15) is 0 Å². The molecule has 0 aliphatic carbocycles. The van der Waals surface area contributed by atoms with Crippen LogP contribution in [0.4, 0.5) is 4.39 Å². The smallest absolute Gasteiger partial charge is 0.159 e. The molecule has 1 aromatic heterocycles. The van der Waals surface area contributed by atoms with Crippen molar-refractivity contribution in [3.8, 4) is 17.5 Å². The number of hydrogen-bond acceptors (Lipinski definition) is 3. The van der Waals surface area contributed by atoms with Crippen molar-refractivity contribution in [1.29, 1.82) is 5.26 Å². The molecule has 0 N–H and O–H groups in total. The summed E-state index contributed by atoms with van der Waals surface area (Å²) in [5, 5.41) is 10.4. The normalized spacial score (nSPS) is 10.9. The Morgan fingerprint density at radius 2 is 1.65 bits per heavy atom. The molecular weight excluding hydrogens is 385 g/mol. The summed E-state index contributed by atoms with van der Waals surface area (Å²) in [4.78, 5) is 9.00. The molecule has 0 radical (unpaired) electrons. The van der Waals surface area contributed by atoms with Gasteiger partial charge in [-0.2, -0.15) is 5.26 Å². The zero-order valence-electron chi connectivity index (χ0n) is 17.6. The molecule has 31 heavy (non-hydrogen) atoms. The first-order chi connectivity index (χ1) is 15.2. The van der Waals surface area contributed by atoms with Gasteiger partial charge in [-0.15, -0.1) is 0 Å². The fraction of sp³-hybridized carbons (Fsp3) is 0.222. The summed E-state index contributed by atoms with van der Waals surface area (Å²) >= 11 is 0. The van der Waals surface area contributed by atoms with E-state index in [0.717, 1.165) is 47.8 Å². The zero-order chi connectivity index (χ0) is 21.6. The number of hydrogen-bond donors (Lipinski definition) is 0. The third-order valence-electron chi connectivity index (χ3n) is 5.58. The zero-order valence-corrected chi connectivity index (χ0v) is 17.6. The SMILES string of the molecule is CCCCc1cnc(-c2ccc3c(F)c(CCc4ccc(C#N)cc4)ccc3c2)nc1. The van der Waals surface area contributed by atoms with E-state index in [1.54, 1.807) is 12.1 Å². The van der Waals surface area contributed by atoms with Crippen LogP contribution in [0.2, 0.25) is 0 Å².